The van der Waals surface area contributed by atoms with Gasteiger partial charge in [-0.3, -0.25) is 0 Å². The SMILES string of the molecule is Cc1nc(N(C)C2CCCCCC2)sc1C(C)O. The van der Waals surface area contributed by atoms with Crippen molar-refractivity contribution < 1.29 is 5.11 Å². The molecule has 0 aromatic carbocycles. The molecule has 18 heavy (non-hydrogen) atoms. The summed E-state index contributed by atoms with van der Waals surface area (Å²) in [6.45, 7) is 3.80. The van der Waals surface area contributed by atoms with Crippen LogP contribution < -0.4 is 4.90 Å². The second-order valence-electron chi connectivity index (χ2n) is 5.38. The molecule has 2 rings (SSSR count). The number of nitrogens with zero attached hydrogens (tertiary/aromatic N) is 2. The second-order valence-corrected chi connectivity index (χ2v) is 6.39. The maximum atomic E-state index is 9.71. The van der Waals surface area contributed by atoms with E-state index in [0.29, 0.717) is 6.04 Å². The van der Waals surface area contributed by atoms with Crippen LogP contribution in [0.3, 0.4) is 0 Å². The molecule has 1 saturated carbocycles. The summed E-state index contributed by atoms with van der Waals surface area (Å²) in [5, 5.41) is 10.8. The molecule has 4 heteroatoms. The number of rotatable bonds is 3. The van der Waals surface area contributed by atoms with Crippen molar-refractivity contribution in [3.63, 3.8) is 0 Å². The van der Waals surface area contributed by atoms with Gasteiger partial charge in [0.2, 0.25) is 0 Å². The third-order valence-corrected chi connectivity index (χ3v) is 5.29. The lowest BCUT2D eigenvalue weighted by atomic mass is 10.1. The van der Waals surface area contributed by atoms with Crippen molar-refractivity contribution in [3.8, 4) is 0 Å². The highest BCUT2D eigenvalue weighted by atomic mass is 32.1. The smallest absolute Gasteiger partial charge is 0.185 e. The van der Waals surface area contributed by atoms with E-state index in [0.717, 1.165) is 15.7 Å². The molecule has 1 N–H and O–H groups in total. The summed E-state index contributed by atoms with van der Waals surface area (Å²) in [5.74, 6) is 0. The molecule has 1 aliphatic carbocycles. The first-order chi connectivity index (χ1) is 8.59. The Morgan fingerprint density at radius 3 is 2.39 bits per heavy atom. The Hall–Kier alpha value is -0.610. The van der Waals surface area contributed by atoms with E-state index in [-0.39, 0.29) is 0 Å². The lowest BCUT2D eigenvalue weighted by Crippen LogP contribution is -2.30. The lowest BCUT2D eigenvalue weighted by Gasteiger charge is -2.26. The van der Waals surface area contributed by atoms with E-state index >= 15 is 0 Å². The number of thiazole rings is 1. The summed E-state index contributed by atoms with van der Waals surface area (Å²) in [6, 6.07) is 0.625. The minimum absolute atomic E-state index is 0.404. The van der Waals surface area contributed by atoms with Crippen LogP contribution in [0.15, 0.2) is 0 Å². The third-order valence-electron chi connectivity index (χ3n) is 3.87. The maximum Gasteiger partial charge on any atom is 0.185 e. The van der Waals surface area contributed by atoms with E-state index in [9.17, 15) is 5.11 Å². The Morgan fingerprint density at radius 2 is 1.89 bits per heavy atom. The van der Waals surface area contributed by atoms with E-state index in [1.54, 1.807) is 11.3 Å². The monoisotopic (exact) mass is 268 g/mol. The van der Waals surface area contributed by atoms with Gasteiger partial charge in [-0.25, -0.2) is 4.98 Å². The predicted octanol–water partition coefficient (Wildman–Crippen LogP) is 3.66. The first kappa shape index (κ1) is 13.8. The summed E-state index contributed by atoms with van der Waals surface area (Å²) >= 11 is 1.64. The van der Waals surface area contributed by atoms with Gasteiger partial charge < -0.3 is 10.0 Å². The van der Waals surface area contributed by atoms with Crippen molar-refractivity contribution in [2.45, 2.75) is 64.5 Å². The molecule has 1 aliphatic rings. The number of hydrogen-bond donors (Lipinski definition) is 1. The number of aryl methyl sites for hydroxylation is 1. The van der Waals surface area contributed by atoms with Crippen LogP contribution in [0, 0.1) is 6.92 Å². The quantitative estimate of drug-likeness (QED) is 0.850. The fraction of sp³-hybridized carbons (Fsp3) is 0.786. The van der Waals surface area contributed by atoms with Crippen molar-refractivity contribution in [1.29, 1.82) is 0 Å². The lowest BCUT2D eigenvalue weighted by molar-refractivity contribution is 0.202. The van der Waals surface area contributed by atoms with E-state index < -0.39 is 6.10 Å². The van der Waals surface area contributed by atoms with Crippen LogP contribution in [-0.2, 0) is 0 Å². The van der Waals surface area contributed by atoms with Crippen molar-refractivity contribution in [2.24, 2.45) is 0 Å². The summed E-state index contributed by atoms with van der Waals surface area (Å²) in [7, 11) is 2.15. The van der Waals surface area contributed by atoms with Gasteiger partial charge in [0.25, 0.3) is 0 Å². The van der Waals surface area contributed by atoms with Gasteiger partial charge in [-0.15, -0.1) is 0 Å². The van der Waals surface area contributed by atoms with Crippen LogP contribution in [0.25, 0.3) is 0 Å². The molecule has 0 bridgehead atoms. The van der Waals surface area contributed by atoms with Crippen LogP contribution in [0.5, 0.6) is 0 Å². The average Bonchev–Trinajstić information content (AvgIpc) is 2.56. The van der Waals surface area contributed by atoms with Crippen molar-refractivity contribution in [1.82, 2.24) is 4.98 Å². The Balaban J connectivity index is 2.12. The van der Waals surface area contributed by atoms with Crippen molar-refractivity contribution >= 4 is 16.5 Å². The van der Waals surface area contributed by atoms with Gasteiger partial charge in [0.15, 0.2) is 5.13 Å². The Kier molecular flexibility index (Phi) is 4.62. The molecular formula is C14H24N2OS. The molecular weight excluding hydrogens is 244 g/mol. The van der Waals surface area contributed by atoms with Gasteiger partial charge in [0.05, 0.1) is 16.7 Å². The molecule has 1 heterocycles. The van der Waals surface area contributed by atoms with Crippen LogP contribution in [0.4, 0.5) is 5.13 Å². The first-order valence-electron chi connectivity index (χ1n) is 6.98. The molecule has 3 nitrogen and oxygen atoms in total. The van der Waals surface area contributed by atoms with Gasteiger partial charge in [-0.1, -0.05) is 37.0 Å². The second kappa shape index (κ2) is 6.02. The first-order valence-corrected chi connectivity index (χ1v) is 7.79. The van der Waals surface area contributed by atoms with Gasteiger partial charge in [-0.2, -0.15) is 0 Å². The number of aliphatic hydroxyl groups excluding tert-OH is 1. The summed E-state index contributed by atoms with van der Waals surface area (Å²) in [6.07, 6.45) is 7.57. The molecule has 0 radical (unpaired) electrons. The zero-order valence-electron chi connectivity index (χ0n) is 11.6. The largest absolute Gasteiger partial charge is 0.388 e. The number of hydrogen-bond acceptors (Lipinski definition) is 4. The highest BCUT2D eigenvalue weighted by Gasteiger charge is 2.21. The molecule has 0 saturated heterocycles. The van der Waals surface area contributed by atoms with Crippen LogP contribution >= 0.6 is 11.3 Å². The summed E-state index contributed by atoms with van der Waals surface area (Å²) in [5.41, 5.74) is 0.977. The summed E-state index contributed by atoms with van der Waals surface area (Å²) in [4.78, 5) is 7.96. The molecule has 1 atom stereocenters. The van der Waals surface area contributed by atoms with E-state index in [2.05, 4.69) is 16.9 Å². The van der Waals surface area contributed by atoms with Gasteiger partial charge in [0, 0.05) is 13.1 Å². The van der Waals surface area contributed by atoms with E-state index in [1.807, 2.05) is 13.8 Å². The fourth-order valence-electron chi connectivity index (χ4n) is 2.73. The minimum atomic E-state index is -0.404. The minimum Gasteiger partial charge on any atom is -0.388 e. The highest BCUT2D eigenvalue weighted by molar-refractivity contribution is 7.15. The number of anilines is 1. The fourth-order valence-corrected chi connectivity index (χ4v) is 3.77. The van der Waals surface area contributed by atoms with Crippen molar-refractivity contribution in [2.75, 3.05) is 11.9 Å². The van der Waals surface area contributed by atoms with Gasteiger partial charge >= 0.3 is 0 Å². The standard InChI is InChI=1S/C14H24N2OS/c1-10-13(11(2)17)18-14(15-10)16(3)12-8-6-4-5-7-9-12/h11-12,17H,4-9H2,1-3H3. The Bertz CT molecular complexity index is 381. The Labute approximate surface area is 114 Å². The van der Waals surface area contributed by atoms with Gasteiger partial charge in [0.1, 0.15) is 0 Å². The zero-order valence-corrected chi connectivity index (χ0v) is 12.5. The van der Waals surface area contributed by atoms with E-state index in [1.165, 1.54) is 38.5 Å². The molecule has 1 fully saturated rings. The Morgan fingerprint density at radius 1 is 1.28 bits per heavy atom. The molecule has 102 valence electrons. The zero-order chi connectivity index (χ0) is 13.1. The molecule has 0 aliphatic heterocycles. The van der Waals surface area contributed by atoms with Gasteiger partial charge in [-0.05, 0) is 26.7 Å². The molecule has 1 aromatic rings. The van der Waals surface area contributed by atoms with Crippen LogP contribution in [0.1, 0.15) is 62.1 Å². The third kappa shape index (κ3) is 3.04. The molecule has 1 aromatic heterocycles. The predicted molar refractivity (Wildman–Crippen MR) is 77.4 cm³/mol. The normalized spacial score (nSPS) is 19.6. The average molecular weight is 268 g/mol. The maximum absolute atomic E-state index is 9.71. The molecule has 1 unspecified atom stereocenters. The highest BCUT2D eigenvalue weighted by Crippen LogP contribution is 2.33. The van der Waals surface area contributed by atoms with Crippen molar-refractivity contribution in [3.05, 3.63) is 10.6 Å². The molecule has 0 spiro atoms. The summed E-state index contributed by atoms with van der Waals surface area (Å²) < 4.78 is 0. The van der Waals surface area contributed by atoms with Crippen LogP contribution in [0.2, 0.25) is 0 Å². The number of aliphatic hydroxyl groups is 1. The molecule has 0 amide bonds. The number of aromatic nitrogens is 1. The van der Waals surface area contributed by atoms with E-state index in [4.69, 9.17) is 0 Å². The van der Waals surface area contributed by atoms with Crippen LogP contribution in [-0.4, -0.2) is 23.2 Å². The topological polar surface area (TPSA) is 36.4 Å².